The van der Waals surface area contributed by atoms with Crippen molar-refractivity contribution in [3.63, 3.8) is 0 Å². The molecule has 1 aromatic carbocycles. The predicted octanol–water partition coefficient (Wildman–Crippen LogP) is 1.70. The molecule has 5 nitrogen and oxygen atoms in total. The number of carbonyl (C=O) groups excluding carboxylic acids is 2. The lowest BCUT2D eigenvalue weighted by molar-refractivity contribution is -0.145. The number of methoxy groups -OCH3 is 2. The zero-order valence-electron chi connectivity index (χ0n) is 11.8. The highest BCUT2D eigenvalue weighted by atomic mass is 16.5. The molecular weight excluding hydrogens is 258 g/mol. The van der Waals surface area contributed by atoms with Crippen LogP contribution in [-0.4, -0.2) is 38.0 Å². The molecule has 0 spiro atoms. The van der Waals surface area contributed by atoms with Crippen LogP contribution in [-0.2, 0) is 20.7 Å². The smallest absolute Gasteiger partial charge is 0.325 e. The lowest BCUT2D eigenvalue weighted by atomic mass is 9.86. The van der Waals surface area contributed by atoms with Gasteiger partial charge >= 0.3 is 5.97 Å². The van der Waals surface area contributed by atoms with Crippen LogP contribution in [0.4, 0.5) is 0 Å². The number of carbonyl (C=O) groups is 2. The average molecular weight is 277 g/mol. The first-order valence-corrected chi connectivity index (χ1v) is 6.64. The second kappa shape index (κ2) is 6.41. The van der Waals surface area contributed by atoms with Crippen molar-refractivity contribution in [2.24, 2.45) is 0 Å². The summed E-state index contributed by atoms with van der Waals surface area (Å²) in [5, 5.41) is 0. The number of hydrogen-bond donors (Lipinski definition) is 0. The number of nitrogens with zero attached hydrogens (tertiary/aromatic N) is 1. The van der Waals surface area contributed by atoms with Crippen LogP contribution in [0.3, 0.4) is 0 Å². The van der Waals surface area contributed by atoms with Gasteiger partial charge in [-0.05, 0) is 42.5 Å². The fourth-order valence-electron chi connectivity index (χ4n) is 2.66. The van der Waals surface area contributed by atoms with Crippen LogP contribution in [0.1, 0.15) is 30.0 Å². The Morgan fingerprint density at radius 1 is 1.45 bits per heavy atom. The number of amides is 1. The number of fused-ring (bicyclic) bond motifs is 1. The summed E-state index contributed by atoms with van der Waals surface area (Å²) >= 11 is 0. The van der Waals surface area contributed by atoms with Crippen molar-refractivity contribution in [1.82, 2.24) is 4.90 Å². The molecule has 0 bridgehead atoms. The van der Waals surface area contributed by atoms with E-state index in [2.05, 4.69) is 4.74 Å². The molecule has 1 amide bonds. The molecule has 0 N–H and O–H groups in total. The molecule has 1 aromatic rings. The highest BCUT2D eigenvalue weighted by molar-refractivity contribution is 5.74. The topological polar surface area (TPSA) is 55.8 Å². The number of rotatable bonds is 5. The Kier molecular flexibility index (Phi) is 4.61. The maximum absolute atomic E-state index is 11.4. The first-order valence-electron chi connectivity index (χ1n) is 6.64. The molecular formula is C15H19NO4. The van der Waals surface area contributed by atoms with E-state index in [0.29, 0.717) is 0 Å². The van der Waals surface area contributed by atoms with Crippen molar-refractivity contribution in [3.05, 3.63) is 29.3 Å². The summed E-state index contributed by atoms with van der Waals surface area (Å²) in [5.41, 5.74) is 2.27. The van der Waals surface area contributed by atoms with Crippen molar-refractivity contribution in [2.75, 3.05) is 20.8 Å². The van der Waals surface area contributed by atoms with Crippen molar-refractivity contribution in [2.45, 2.75) is 25.3 Å². The van der Waals surface area contributed by atoms with Gasteiger partial charge in [-0.2, -0.15) is 0 Å². The summed E-state index contributed by atoms with van der Waals surface area (Å²) in [6.45, 7) is -0.0265. The highest BCUT2D eigenvalue weighted by Crippen LogP contribution is 2.35. The summed E-state index contributed by atoms with van der Waals surface area (Å²) in [6, 6.07) is 5.81. The van der Waals surface area contributed by atoms with Crippen LogP contribution in [0.5, 0.6) is 5.75 Å². The monoisotopic (exact) mass is 277 g/mol. The fraction of sp³-hybridized carbons (Fsp3) is 0.467. The Balaban J connectivity index is 2.29. The van der Waals surface area contributed by atoms with E-state index in [1.807, 2.05) is 18.2 Å². The summed E-state index contributed by atoms with van der Waals surface area (Å²) < 4.78 is 9.89. The minimum Gasteiger partial charge on any atom is -0.497 e. The Hall–Kier alpha value is -2.04. The van der Waals surface area contributed by atoms with Crippen molar-refractivity contribution >= 4 is 12.4 Å². The number of esters is 1. The predicted molar refractivity (Wildman–Crippen MR) is 73.5 cm³/mol. The molecule has 0 aliphatic heterocycles. The molecule has 0 aromatic heterocycles. The Labute approximate surface area is 118 Å². The zero-order valence-corrected chi connectivity index (χ0v) is 11.8. The molecule has 5 heteroatoms. The van der Waals surface area contributed by atoms with E-state index >= 15 is 0 Å². The molecule has 0 heterocycles. The second-order valence-electron chi connectivity index (χ2n) is 4.83. The van der Waals surface area contributed by atoms with E-state index in [9.17, 15) is 9.59 Å². The second-order valence-corrected chi connectivity index (χ2v) is 4.83. The normalized spacial score (nSPS) is 17.0. The average Bonchev–Trinajstić information content (AvgIpc) is 2.51. The molecule has 0 fully saturated rings. The van der Waals surface area contributed by atoms with Crippen LogP contribution in [0.25, 0.3) is 0 Å². The van der Waals surface area contributed by atoms with Gasteiger partial charge < -0.3 is 14.4 Å². The molecule has 0 radical (unpaired) electrons. The van der Waals surface area contributed by atoms with Crippen LogP contribution in [0.15, 0.2) is 18.2 Å². The van der Waals surface area contributed by atoms with Gasteiger partial charge in [0.25, 0.3) is 0 Å². The molecule has 1 aliphatic carbocycles. The molecule has 0 saturated heterocycles. The fourth-order valence-corrected chi connectivity index (χ4v) is 2.66. The van der Waals surface area contributed by atoms with E-state index in [0.717, 1.165) is 37.0 Å². The maximum Gasteiger partial charge on any atom is 0.325 e. The van der Waals surface area contributed by atoms with Crippen LogP contribution < -0.4 is 4.74 Å². The molecule has 1 unspecified atom stereocenters. The first-order chi connectivity index (χ1) is 9.69. The molecule has 108 valence electrons. The third kappa shape index (κ3) is 2.92. The van der Waals surface area contributed by atoms with E-state index in [-0.39, 0.29) is 12.6 Å². The third-order valence-corrected chi connectivity index (χ3v) is 3.71. The summed E-state index contributed by atoms with van der Waals surface area (Å²) in [7, 11) is 2.94. The van der Waals surface area contributed by atoms with Crippen LogP contribution in [0.2, 0.25) is 0 Å². The number of benzene rings is 1. The minimum atomic E-state index is -0.410. The lowest BCUT2D eigenvalue weighted by Gasteiger charge is -2.32. The lowest BCUT2D eigenvalue weighted by Crippen LogP contribution is -2.35. The third-order valence-electron chi connectivity index (χ3n) is 3.71. The van der Waals surface area contributed by atoms with Gasteiger partial charge in [0.15, 0.2) is 0 Å². The van der Waals surface area contributed by atoms with E-state index in [4.69, 9.17) is 4.74 Å². The molecule has 2 rings (SSSR count). The Morgan fingerprint density at radius 3 is 2.90 bits per heavy atom. The van der Waals surface area contributed by atoms with Gasteiger partial charge in [-0.25, -0.2) is 0 Å². The van der Waals surface area contributed by atoms with Gasteiger partial charge in [0.1, 0.15) is 12.3 Å². The van der Waals surface area contributed by atoms with E-state index < -0.39 is 5.97 Å². The molecule has 20 heavy (non-hydrogen) atoms. The molecule has 1 atom stereocenters. The van der Waals surface area contributed by atoms with E-state index in [1.165, 1.54) is 17.6 Å². The minimum absolute atomic E-state index is 0.0265. The summed E-state index contributed by atoms with van der Waals surface area (Å²) in [5.74, 6) is 0.353. The Morgan fingerprint density at radius 2 is 2.25 bits per heavy atom. The molecule has 0 saturated carbocycles. The summed E-state index contributed by atoms with van der Waals surface area (Å²) in [6.07, 6.45) is 3.54. The highest BCUT2D eigenvalue weighted by Gasteiger charge is 2.27. The van der Waals surface area contributed by atoms with Crippen molar-refractivity contribution in [1.29, 1.82) is 0 Å². The van der Waals surface area contributed by atoms with Gasteiger partial charge in [0.2, 0.25) is 6.41 Å². The number of ether oxygens (including phenoxy) is 2. The SMILES string of the molecule is COC(=O)CN(C=O)C1CCCc2ccc(OC)cc21. The van der Waals surface area contributed by atoms with Crippen LogP contribution in [0, 0.1) is 0 Å². The zero-order chi connectivity index (χ0) is 14.5. The van der Waals surface area contributed by atoms with E-state index in [1.54, 1.807) is 7.11 Å². The quantitative estimate of drug-likeness (QED) is 0.607. The van der Waals surface area contributed by atoms with Gasteiger partial charge in [0.05, 0.1) is 20.3 Å². The summed E-state index contributed by atoms with van der Waals surface area (Å²) in [4.78, 5) is 24.2. The van der Waals surface area contributed by atoms with Crippen molar-refractivity contribution < 1.29 is 19.1 Å². The van der Waals surface area contributed by atoms with Gasteiger partial charge in [-0.1, -0.05) is 6.07 Å². The van der Waals surface area contributed by atoms with Gasteiger partial charge in [-0.15, -0.1) is 0 Å². The Bertz CT molecular complexity index is 501. The van der Waals surface area contributed by atoms with Crippen molar-refractivity contribution in [3.8, 4) is 5.75 Å². The largest absolute Gasteiger partial charge is 0.497 e. The first kappa shape index (κ1) is 14.4. The van der Waals surface area contributed by atoms with Gasteiger partial charge in [0, 0.05) is 0 Å². The standard InChI is InChI=1S/C15H19NO4/c1-19-12-7-6-11-4-3-5-14(13(11)8-12)16(10-17)9-15(18)20-2/h6-8,10,14H,3-5,9H2,1-2H3. The maximum atomic E-state index is 11.4. The van der Waals surface area contributed by atoms with Gasteiger partial charge in [-0.3, -0.25) is 9.59 Å². The number of aryl methyl sites for hydroxylation is 1. The molecule has 1 aliphatic rings. The number of hydrogen-bond acceptors (Lipinski definition) is 4. The van der Waals surface area contributed by atoms with Crippen LogP contribution >= 0.6 is 0 Å².